The topological polar surface area (TPSA) is 71.1 Å². The molecule has 1 aromatic heterocycles. The van der Waals surface area contributed by atoms with Crippen molar-refractivity contribution in [2.75, 3.05) is 6.26 Å². The lowest BCUT2D eigenvalue weighted by Gasteiger charge is -2.16. The number of carbonyl (C=O) groups is 1. The molecule has 0 aliphatic carbocycles. The van der Waals surface area contributed by atoms with E-state index in [1.165, 1.54) is 24.5 Å². The molecule has 3 aromatic rings. The highest BCUT2D eigenvalue weighted by molar-refractivity contribution is 7.82. The zero-order valence-electron chi connectivity index (χ0n) is 19.4. The number of amides is 1. The quantitative estimate of drug-likeness (QED) is 0.421. The maximum atomic E-state index is 14.4. The predicted octanol–water partition coefficient (Wildman–Crippen LogP) is 5.02. The number of pyridine rings is 1. The molecule has 2 N–H and O–H groups in total. The van der Waals surface area contributed by atoms with Crippen LogP contribution < -0.4 is 10.0 Å². The molecule has 0 radical (unpaired) electrons. The summed E-state index contributed by atoms with van der Waals surface area (Å²) < 4.78 is 67.9. The number of nitrogens with one attached hydrogen (secondary N) is 2. The minimum Gasteiger partial charge on any atom is -0.351 e. The highest BCUT2D eigenvalue weighted by atomic mass is 32.2. The Bertz CT molecular complexity index is 1230. The van der Waals surface area contributed by atoms with E-state index >= 15 is 0 Å². The first kappa shape index (κ1) is 26.5. The van der Waals surface area contributed by atoms with Gasteiger partial charge in [0.25, 0.3) is 0 Å². The van der Waals surface area contributed by atoms with E-state index in [4.69, 9.17) is 0 Å². The summed E-state index contributed by atoms with van der Waals surface area (Å²) in [6.07, 6.45) is -3.16. The van der Waals surface area contributed by atoms with E-state index in [1.807, 2.05) is 6.92 Å². The third-order valence-electron chi connectivity index (χ3n) is 5.48. The lowest BCUT2D eigenvalue weighted by molar-refractivity contribution is -0.141. The number of hydrogen-bond donors (Lipinski definition) is 2. The van der Waals surface area contributed by atoms with Gasteiger partial charge in [-0.2, -0.15) is 13.2 Å². The van der Waals surface area contributed by atoms with Gasteiger partial charge in [0.1, 0.15) is 11.5 Å². The summed E-state index contributed by atoms with van der Waals surface area (Å²) in [5.41, 5.74) is 1.72. The van der Waals surface area contributed by atoms with Crippen LogP contribution in [-0.4, -0.2) is 21.4 Å². The smallest absolute Gasteiger partial charge is 0.351 e. The van der Waals surface area contributed by atoms with Crippen molar-refractivity contribution in [2.24, 2.45) is 0 Å². The number of alkyl halides is 3. The monoisotopic (exact) mass is 507 g/mol. The number of hydrogen-bond acceptors (Lipinski definition) is 3. The van der Waals surface area contributed by atoms with E-state index in [2.05, 4.69) is 15.0 Å². The number of carbonyl (C=O) groups excluding carboxylic acids is 1. The van der Waals surface area contributed by atoms with Gasteiger partial charge in [-0.15, -0.1) is 0 Å². The Morgan fingerprint density at radius 3 is 2.29 bits per heavy atom. The SMILES string of the molecule is Cc1ccc(-c2nc(C(F)(F)F)ccc2CNC(=O)C(C)c2ccc(CNS(C)=O)c(F)c2)cc1. The fourth-order valence-electron chi connectivity index (χ4n) is 3.39. The number of aryl methyl sites for hydroxylation is 1. The third-order valence-corrected chi connectivity index (χ3v) is 6.03. The van der Waals surface area contributed by atoms with Crippen LogP contribution in [0.5, 0.6) is 0 Å². The molecule has 0 fully saturated rings. The average Bonchev–Trinajstić information content (AvgIpc) is 2.81. The minimum absolute atomic E-state index is 0.0513. The summed E-state index contributed by atoms with van der Waals surface area (Å²) in [6.45, 7) is 3.50. The van der Waals surface area contributed by atoms with Gasteiger partial charge in [-0.05, 0) is 37.1 Å². The summed E-state index contributed by atoms with van der Waals surface area (Å²) in [5, 5.41) is 2.72. The van der Waals surface area contributed by atoms with Gasteiger partial charge in [-0.25, -0.2) is 18.3 Å². The fraction of sp³-hybridized carbons (Fsp3) is 0.280. The van der Waals surface area contributed by atoms with Gasteiger partial charge < -0.3 is 5.32 Å². The van der Waals surface area contributed by atoms with Gasteiger partial charge in [0.05, 0.1) is 22.6 Å². The van der Waals surface area contributed by atoms with Crippen molar-refractivity contribution in [3.63, 3.8) is 0 Å². The van der Waals surface area contributed by atoms with Gasteiger partial charge in [0.2, 0.25) is 5.91 Å². The highest BCUT2D eigenvalue weighted by Crippen LogP contribution is 2.31. The molecule has 5 nitrogen and oxygen atoms in total. The van der Waals surface area contributed by atoms with E-state index in [-0.39, 0.29) is 18.8 Å². The zero-order chi connectivity index (χ0) is 25.8. The molecule has 2 atom stereocenters. The van der Waals surface area contributed by atoms with Crippen LogP contribution in [0.1, 0.15) is 40.8 Å². The molecular formula is C25H25F4N3O2S. The minimum atomic E-state index is -4.60. The second kappa shape index (κ2) is 11.1. The van der Waals surface area contributed by atoms with E-state index in [9.17, 15) is 26.6 Å². The maximum Gasteiger partial charge on any atom is 0.433 e. The van der Waals surface area contributed by atoms with Crippen LogP contribution in [0.15, 0.2) is 54.6 Å². The summed E-state index contributed by atoms with van der Waals surface area (Å²) in [5.74, 6) is -1.66. The van der Waals surface area contributed by atoms with Crippen LogP contribution in [0.3, 0.4) is 0 Å². The van der Waals surface area contributed by atoms with Crippen LogP contribution in [0, 0.1) is 12.7 Å². The van der Waals surface area contributed by atoms with Crippen molar-refractivity contribution >= 4 is 16.9 Å². The molecule has 0 saturated heterocycles. The number of nitrogens with zero attached hydrogens (tertiary/aromatic N) is 1. The standard InChI is InChI=1S/C25H25F4N3O2S/c1-15-4-6-17(7-5-15)23-20(10-11-22(32-23)25(27,28)29)13-30-24(33)16(2)18-8-9-19(21(26)12-18)14-31-35(3)34/h4-12,16,31H,13-14H2,1-3H3,(H,30,33). The molecule has 2 aromatic carbocycles. The number of aromatic nitrogens is 1. The van der Waals surface area contributed by atoms with Crippen LogP contribution in [0.25, 0.3) is 11.3 Å². The summed E-state index contributed by atoms with van der Waals surface area (Å²) in [7, 11) is -1.29. The first-order valence-electron chi connectivity index (χ1n) is 10.7. The molecular weight excluding hydrogens is 482 g/mol. The lowest BCUT2D eigenvalue weighted by Crippen LogP contribution is -2.28. The van der Waals surface area contributed by atoms with Crippen LogP contribution in [-0.2, 0) is 35.0 Å². The molecule has 0 aliphatic heterocycles. The molecule has 1 heterocycles. The summed E-state index contributed by atoms with van der Waals surface area (Å²) in [6, 6.07) is 13.5. The Hall–Kier alpha value is -3.11. The molecule has 3 rings (SSSR count). The Morgan fingerprint density at radius 2 is 1.69 bits per heavy atom. The normalized spacial score (nSPS) is 13.3. The van der Waals surface area contributed by atoms with E-state index < -0.39 is 40.5 Å². The van der Waals surface area contributed by atoms with Gasteiger partial charge in [-0.1, -0.05) is 48.0 Å². The first-order valence-corrected chi connectivity index (χ1v) is 12.3. The average molecular weight is 508 g/mol. The molecule has 2 unspecified atom stereocenters. The van der Waals surface area contributed by atoms with E-state index in [1.54, 1.807) is 37.3 Å². The third kappa shape index (κ3) is 6.95. The Morgan fingerprint density at radius 1 is 1.03 bits per heavy atom. The van der Waals surface area contributed by atoms with Gasteiger partial charge in [0, 0.05) is 30.5 Å². The van der Waals surface area contributed by atoms with Crippen LogP contribution in [0.4, 0.5) is 17.6 Å². The molecule has 0 aliphatic rings. The van der Waals surface area contributed by atoms with Gasteiger partial charge in [0.15, 0.2) is 0 Å². The Balaban J connectivity index is 1.78. The number of benzene rings is 2. The molecule has 0 saturated carbocycles. The van der Waals surface area contributed by atoms with Crippen molar-refractivity contribution in [1.82, 2.24) is 15.0 Å². The van der Waals surface area contributed by atoms with Gasteiger partial charge >= 0.3 is 6.18 Å². The summed E-state index contributed by atoms with van der Waals surface area (Å²) >= 11 is 0. The Kier molecular flexibility index (Phi) is 8.39. The molecule has 35 heavy (non-hydrogen) atoms. The second-order valence-electron chi connectivity index (χ2n) is 8.13. The van der Waals surface area contributed by atoms with Crippen molar-refractivity contribution in [3.8, 4) is 11.3 Å². The zero-order valence-corrected chi connectivity index (χ0v) is 20.2. The van der Waals surface area contributed by atoms with E-state index in [0.29, 0.717) is 22.3 Å². The van der Waals surface area contributed by atoms with Gasteiger partial charge in [-0.3, -0.25) is 4.79 Å². The molecule has 10 heteroatoms. The van der Waals surface area contributed by atoms with Crippen molar-refractivity contribution < 1.29 is 26.6 Å². The highest BCUT2D eigenvalue weighted by Gasteiger charge is 2.33. The number of halogens is 4. The summed E-state index contributed by atoms with van der Waals surface area (Å²) in [4.78, 5) is 16.6. The molecule has 0 bridgehead atoms. The predicted molar refractivity (Wildman–Crippen MR) is 127 cm³/mol. The lowest BCUT2D eigenvalue weighted by atomic mass is 9.98. The van der Waals surface area contributed by atoms with Crippen LogP contribution in [0.2, 0.25) is 0 Å². The Labute approximate surface area is 203 Å². The van der Waals surface area contributed by atoms with E-state index in [0.717, 1.165) is 11.6 Å². The molecule has 186 valence electrons. The first-order chi connectivity index (χ1) is 16.5. The van der Waals surface area contributed by atoms with Crippen molar-refractivity contribution in [1.29, 1.82) is 0 Å². The number of rotatable bonds is 8. The molecule has 1 amide bonds. The van der Waals surface area contributed by atoms with Crippen LogP contribution >= 0.6 is 0 Å². The fourth-order valence-corrected chi connectivity index (χ4v) is 3.75. The maximum absolute atomic E-state index is 14.4. The largest absolute Gasteiger partial charge is 0.433 e. The van der Waals surface area contributed by atoms with Crippen molar-refractivity contribution in [2.45, 2.75) is 39.0 Å². The van der Waals surface area contributed by atoms with Crippen molar-refractivity contribution in [3.05, 3.63) is 88.4 Å². The second-order valence-corrected chi connectivity index (χ2v) is 9.33. The molecule has 0 spiro atoms.